The van der Waals surface area contributed by atoms with Crippen molar-refractivity contribution in [3.63, 3.8) is 0 Å². The number of aromatic nitrogens is 3. The second kappa shape index (κ2) is 4.07. The first kappa shape index (κ1) is 10.8. The molecule has 0 amide bonds. The maximum Gasteiger partial charge on any atom is 0.299 e. The molecule has 15 heavy (non-hydrogen) atoms. The van der Waals surface area contributed by atoms with Gasteiger partial charge in [0.1, 0.15) is 12.2 Å². The van der Waals surface area contributed by atoms with Crippen LogP contribution in [-0.4, -0.2) is 41.0 Å². The molecular weight excluding hydrogens is 240 g/mol. The Kier molecular flexibility index (Phi) is 2.94. The van der Waals surface area contributed by atoms with E-state index < -0.39 is 9.24 Å². The fraction of sp³-hybridized carbons (Fsp3) is 0.714. The molecule has 1 fully saturated rings. The molecule has 1 aliphatic heterocycles. The second-order valence-corrected chi connectivity index (χ2v) is 6.00. The Morgan fingerprint density at radius 1 is 1.47 bits per heavy atom. The van der Waals surface area contributed by atoms with Crippen molar-refractivity contribution in [2.45, 2.75) is 18.8 Å². The summed E-state index contributed by atoms with van der Waals surface area (Å²) in [7, 11) is 1.69. The number of hydrogen-bond donors (Lipinski definition) is 1. The molecule has 0 radical (unpaired) electrons. The molecule has 8 heteroatoms. The molecule has 6 nitrogen and oxygen atoms in total. The summed E-state index contributed by atoms with van der Waals surface area (Å²) in [4.78, 5) is 4.06. The van der Waals surface area contributed by atoms with Crippen molar-refractivity contribution in [2.75, 3.05) is 13.1 Å². The second-order valence-electron chi connectivity index (χ2n) is 3.49. The highest BCUT2D eigenvalue weighted by Crippen LogP contribution is 2.27. The summed E-state index contributed by atoms with van der Waals surface area (Å²) >= 11 is 0. The van der Waals surface area contributed by atoms with Crippen LogP contribution in [0, 0.1) is 0 Å². The predicted molar refractivity (Wildman–Crippen MR) is 54.7 cm³/mol. The van der Waals surface area contributed by atoms with E-state index in [1.807, 2.05) is 0 Å². The Morgan fingerprint density at radius 2 is 2.13 bits per heavy atom. The summed E-state index contributed by atoms with van der Waals surface area (Å²) in [5.74, 6) is 1.07. The quantitative estimate of drug-likeness (QED) is 0.774. The average Bonchev–Trinajstić information content (AvgIpc) is 2.69. The number of nitrogens with zero attached hydrogens (tertiary/aromatic N) is 3. The van der Waals surface area contributed by atoms with Crippen LogP contribution in [0.5, 0.6) is 0 Å². The van der Waals surface area contributed by atoms with Crippen molar-refractivity contribution in [3.8, 4) is 0 Å². The van der Waals surface area contributed by atoms with E-state index in [0.717, 1.165) is 18.7 Å². The molecule has 2 rings (SSSR count). The number of piperidine rings is 1. The minimum Gasteiger partial charge on any atom is -0.263 e. The Balaban J connectivity index is 1.99. The smallest absolute Gasteiger partial charge is 0.263 e. The average molecular weight is 251 g/mol. The van der Waals surface area contributed by atoms with Gasteiger partial charge in [-0.1, -0.05) is 0 Å². The summed E-state index contributed by atoms with van der Waals surface area (Å²) in [6, 6.07) is 0. The molecule has 1 N–H and O–H groups in total. The molecule has 1 aromatic heterocycles. The molecule has 0 bridgehead atoms. The van der Waals surface area contributed by atoms with Crippen molar-refractivity contribution < 1.29 is 8.42 Å². The van der Waals surface area contributed by atoms with Crippen molar-refractivity contribution in [2.24, 2.45) is 0 Å². The summed E-state index contributed by atoms with van der Waals surface area (Å²) in [6.07, 6.45) is 2.91. The first-order valence-corrected chi connectivity index (χ1v) is 6.89. The summed E-state index contributed by atoms with van der Waals surface area (Å²) < 4.78 is 23.3. The van der Waals surface area contributed by atoms with Gasteiger partial charge in [-0.3, -0.25) is 5.10 Å². The van der Waals surface area contributed by atoms with E-state index in [1.165, 1.54) is 10.6 Å². The van der Waals surface area contributed by atoms with E-state index in [9.17, 15) is 8.42 Å². The van der Waals surface area contributed by atoms with E-state index in [2.05, 4.69) is 15.2 Å². The maximum atomic E-state index is 11.0. The lowest BCUT2D eigenvalue weighted by Crippen LogP contribution is -2.35. The van der Waals surface area contributed by atoms with Gasteiger partial charge in [-0.25, -0.2) is 4.98 Å². The minimum atomic E-state index is -3.56. The van der Waals surface area contributed by atoms with Crippen LogP contribution >= 0.6 is 10.7 Å². The third kappa shape index (κ3) is 2.47. The highest BCUT2D eigenvalue weighted by atomic mass is 35.7. The zero-order valence-electron chi connectivity index (χ0n) is 7.93. The summed E-state index contributed by atoms with van der Waals surface area (Å²) in [6.45, 7) is 0.883. The molecule has 1 aliphatic rings. The first-order valence-electron chi connectivity index (χ1n) is 4.62. The van der Waals surface area contributed by atoms with E-state index in [0.29, 0.717) is 13.1 Å². The van der Waals surface area contributed by atoms with Crippen molar-refractivity contribution in [1.29, 1.82) is 0 Å². The largest absolute Gasteiger partial charge is 0.299 e. The molecular formula is C7H11ClN4O2S. The van der Waals surface area contributed by atoms with Gasteiger partial charge in [0.05, 0.1) is 0 Å². The monoisotopic (exact) mass is 250 g/mol. The van der Waals surface area contributed by atoms with Gasteiger partial charge in [-0.05, 0) is 12.8 Å². The molecule has 0 aromatic carbocycles. The highest BCUT2D eigenvalue weighted by molar-refractivity contribution is 8.11. The zero-order chi connectivity index (χ0) is 10.9. The Hall–Kier alpha value is -0.660. The topological polar surface area (TPSA) is 79.0 Å². The van der Waals surface area contributed by atoms with E-state index in [-0.39, 0.29) is 5.92 Å². The molecule has 0 aliphatic carbocycles. The molecule has 0 atom stereocenters. The van der Waals surface area contributed by atoms with Crippen LogP contribution in [0.15, 0.2) is 6.33 Å². The van der Waals surface area contributed by atoms with E-state index in [4.69, 9.17) is 10.7 Å². The SMILES string of the molecule is O=S(=O)(Cl)N1CCC(c2ncn[nH]2)CC1. The first-order chi connectivity index (χ1) is 7.07. The Morgan fingerprint density at radius 3 is 2.60 bits per heavy atom. The van der Waals surface area contributed by atoms with Crippen LogP contribution in [0.25, 0.3) is 0 Å². The van der Waals surface area contributed by atoms with Crippen LogP contribution in [0.2, 0.25) is 0 Å². The standard InChI is InChI=1S/C7H11ClN4O2S/c8-15(13,14)12-3-1-6(2-4-12)7-9-5-10-11-7/h5-6H,1-4H2,(H,9,10,11). The lowest BCUT2D eigenvalue weighted by Gasteiger charge is -2.27. The number of nitrogens with one attached hydrogen (secondary N) is 1. The van der Waals surface area contributed by atoms with Gasteiger partial charge in [0.15, 0.2) is 0 Å². The number of halogens is 1. The lowest BCUT2D eigenvalue weighted by molar-refractivity contribution is 0.319. The van der Waals surface area contributed by atoms with Crippen LogP contribution in [-0.2, 0) is 9.24 Å². The molecule has 1 saturated heterocycles. The third-order valence-corrected chi connectivity index (χ3v) is 4.15. The van der Waals surface area contributed by atoms with Gasteiger partial charge >= 0.3 is 0 Å². The summed E-state index contributed by atoms with van der Waals surface area (Å²) in [5, 5.41) is 6.57. The van der Waals surface area contributed by atoms with Gasteiger partial charge in [0.25, 0.3) is 9.24 Å². The third-order valence-electron chi connectivity index (χ3n) is 2.58. The molecule has 0 spiro atoms. The van der Waals surface area contributed by atoms with Crippen LogP contribution < -0.4 is 0 Å². The van der Waals surface area contributed by atoms with Crippen LogP contribution in [0.1, 0.15) is 24.6 Å². The molecule has 84 valence electrons. The van der Waals surface area contributed by atoms with Gasteiger partial charge < -0.3 is 0 Å². The Labute approximate surface area is 92.2 Å². The van der Waals surface area contributed by atoms with Gasteiger partial charge in [0.2, 0.25) is 0 Å². The zero-order valence-corrected chi connectivity index (χ0v) is 9.50. The van der Waals surface area contributed by atoms with Gasteiger partial charge in [-0.2, -0.15) is 17.8 Å². The number of hydrogen-bond acceptors (Lipinski definition) is 4. The van der Waals surface area contributed by atoms with Crippen molar-refractivity contribution >= 4 is 19.9 Å². The van der Waals surface area contributed by atoms with Gasteiger partial charge in [0, 0.05) is 29.7 Å². The van der Waals surface area contributed by atoms with E-state index in [1.54, 1.807) is 0 Å². The van der Waals surface area contributed by atoms with E-state index >= 15 is 0 Å². The van der Waals surface area contributed by atoms with Crippen molar-refractivity contribution in [1.82, 2.24) is 19.5 Å². The molecule has 0 unspecified atom stereocenters. The Bertz CT molecular complexity index is 410. The van der Waals surface area contributed by atoms with Gasteiger partial charge in [-0.15, -0.1) is 0 Å². The fourth-order valence-corrected chi connectivity index (χ4v) is 2.82. The minimum absolute atomic E-state index is 0.252. The molecule has 1 aromatic rings. The van der Waals surface area contributed by atoms with Crippen molar-refractivity contribution in [3.05, 3.63) is 12.2 Å². The number of aromatic amines is 1. The highest BCUT2D eigenvalue weighted by Gasteiger charge is 2.28. The fourth-order valence-electron chi connectivity index (χ4n) is 1.76. The van der Waals surface area contributed by atoms with Crippen LogP contribution in [0.3, 0.4) is 0 Å². The van der Waals surface area contributed by atoms with Crippen LogP contribution in [0.4, 0.5) is 0 Å². The lowest BCUT2D eigenvalue weighted by atomic mass is 9.98. The summed E-state index contributed by atoms with van der Waals surface area (Å²) in [5.41, 5.74) is 0. The normalized spacial score (nSPS) is 20.6. The predicted octanol–water partition coefficient (Wildman–Crippen LogP) is 0.468. The number of H-pyrrole nitrogens is 1. The number of rotatable bonds is 2. The maximum absolute atomic E-state index is 11.0. The molecule has 2 heterocycles. The molecule has 0 saturated carbocycles.